The summed E-state index contributed by atoms with van der Waals surface area (Å²) >= 11 is 0. The van der Waals surface area contributed by atoms with Gasteiger partial charge in [-0.15, -0.1) is 0 Å². The zero-order valence-electron chi connectivity index (χ0n) is 10.0. The first-order valence-electron chi connectivity index (χ1n) is 6.14. The van der Waals surface area contributed by atoms with Crippen molar-refractivity contribution in [1.82, 2.24) is 0 Å². The van der Waals surface area contributed by atoms with E-state index >= 15 is 0 Å². The van der Waals surface area contributed by atoms with E-state index in [0.29, 0.717) is 0 Å². The van der Waals surface area contributed by atoms with Crippen molar-refractivity contribution in [2.75, 3.05) is 0 Å². The molecule has 0 bridgehead atoms. The van der Waals surface area contributed by atoms with E-state index in [9.17, 15) is 4.79 Å². The van der Waals surface area contributed by atoms with Crippen LogP contribution in [-0.4, -0.2) is 12.4 Å². The molecular weight excluding hydrogens is 224 g/mol. The average Bonchev–Trinajstić information content (AvgIpc) is 2.80. The maximum Gasteiger partial charge on any atom is 0.150 e. The molecule has 1 aliphatic heterocycles. The van der Waals surface area contributed by atoms with Gasteiger partial charge in [0, 0.05) is 18.4 Å². The molecule has 0 amide bonds. The van der Waals surface area contributed by atoms with E-state index < -0.39 is 0 Å². The minimum atomic E-state index is 0.185. The van der Waals surface area contributed by atoms with Crippen LogP contribution in [-0.2, 0) is 12.8 Å². The molecule has 0 aromatic heterocycles. The second-order valence-electron chi connectivity index (χ2n) is 4.62. The van der Waals surface area contributed by atoms with Crippen LogP contribution in [0.3, 0.4) is 0 Å². The van der Waals surface area contributed by atoms with Gasteiger partial charge in [0.25, 0.3) is 0 Å². The Bertz CT molecular complexity index is 561. The summed E-state index contributed by atoms with van der Waals surface area (Å²) in [6, 6.07) is 16.0. The zero-order chi connectivity index (χ0) is 12.4. The molecule has 0 saturated heterocycles. The van der Waals surface area contributed by atoms with Crippen molar-refractivity contribution in [3.63, 3.8) is 0 Å². The molecule has 0 saturated carbocycles. The summed E-state index contributed by atoms with van der Waals surface area (Å²) in [7, 11) is 0. The summed E-state index contributed by atoms with van der Waals surface area (Å²) in [5.41, 5.74) is 3.14. The van der Waals surface area contributed by atoms with Gasteiger partial charge in [-0.1, -0.05) is 30.3 Å². The highest BCUT2D eigenvalue weighted by molar-refractivity contribution is 5.75. The van der Waals surface area contributed by atoms with Crippen molar-refractivity contribution in [3.05, 3.63) is 65.2 Å². The van der Waals surface area contributed by atoms with Crippen LogP contribution in [0.15, 0.2) is 48.5 Å². The van der Waals surface area contributed by atoms with Crippen LogP contribution in [0.2, 0.25) is 0 Å². The Balaban J connectivity index is 1.75. The maximum atomic E-state index is 10.7. The van der Waals surface area contributed by atoms with E-state index in [-0.39, 0.29) is 6.10 Å². The van der Waals surface area contributed by atoms with E-state index in [1.54, 1.807) is 6.07 Å². The molecule has 0 radical (unpaired) electrons. The topological polar surface area (TPSA) is 26.3 Å². The monoisotopic (exact) mass is 238 g/mol. The molecule has 1 aliphatic rings. The minimum absolute atomic E-state index is 0.185. The molecule has 0 N–H and O–H groups in total. The fraction of sp³-hybridized carbons (Fsp3) is 0.188. The van der Waals surface area contributed by atoms with Gasteiger partial charge in [-0.25, -0.2) is 0 Å². The van der Waals surface area contributed by atoms with E-state index in [0.717, 1.165) is 36.0 Å². The Labute approximate surface area is 106 Å². The van der Waals surface area contributed by atoms with Crippen molar-refractivity contribution >= 4 is 6.29 Å². The smallest absolute Gasteiger partial charge is 0.150 e. The first-order chi connectivity index (χ1) is 8.85. The molecular formula is C16H14O2. The summed E-state index contributed by atoms with van der Waals surface area (Å²) in [4.78, 5) is 10.7. The van der Waals surface area contributed by atoms with Crippen LogP contribution < -0.4 is 4.74 Å². The lowest BCUT2D eigenvalue weighted by atomic mass is 10.0. The highest BCUT2D eigenvalue weighted by Crippen LogP contribution is 2.30. The Hall–Kier alpha value is -2.09. The van der Waals surface area contributed by atoms with Crippen molar-refractivity contribution in [2.45, 2.75) is 18.9 Å². The number of fused-ring (bicyclic) bond motifs is 1. The number of ether oxygens (including phenoxy) is 1. The number of rotatable bonds is 3. The van der Waals surface area contributed by atoms with Crippen LogP contribution in [0.25, 0.3) is 0 Å². The highest BCUT2D eigenvalue weighted by atomic mass is 16.5. The number of hydrogen-bond donors (Lipinski definition) is 0. The number of carbonyl (C=O) groups excluding carboxylic acids is 1. The summed E-state index contributed by atoms with van der Waals surface area (Å²) in [6.07, 6.45) is 2.85. The Morgan fingerprint density at radius 2 is 2.00 bits per heavy atom. The second kappa shape index (κ2) is 4.65. The molecule has 0 aliphatic carbocycles. The molecule has 1 heterocycles. The molecule has 0 spiro atoms. The normalized spacial score (nSPS) is 17.0. The molecule has 18 heavy (non-hydrogen) atoms. The van der Waals surface area contributed by atoms with E-state index in [1.807, 2.05) is 30.3 Å². The third-order valence-electron chi connectivity index (χ3n) is 3.27. The van der Waals surface area contributed by atoms with Gasteiger partial charge in [-0.3, -0.25) is 4.79 Å². The first kappa shape index (κ1) is 11.0. The lowest BCUT2D eigenvalue weighted by Crippen LogP contribution is -2.16. The van der Waals surface area contributed by atoms with Crippen LogP contribution >= 0.6 is 0 Å². The van der Waals surface area contributed by atoms with Crippen LogP contribution in [0.1, 0.15) is 21.5 Å². The number of hydrogen-bond acceptors (Lipinski definition) is 2. The second-order valence-corrected chi connectivity index (χ2v) is 4.62. The van der Waals surface area contributed by atoms with Gasteiger partial charge in [-0.05, 0) is 29.3 Å². The van der Waals surface area contributed by atoms with E-state index in [4.69, 9.17) is 4.74 Å². The molecule has 1 unspecified atom stereocenters. The first-order valence-corrected chi connectivity index (χ1v) is 6.14. The summed E-state index contributed by atoms with van der Waals surface area (Å²) < 4.78 is 5.89. The minimum Gasteiger partial charge on any atom is -0.489 e. The summed E-state index contributed by atoms with van der Waals surface area (Å²) in [6.45, 7) is 0. The zero-order valence-corrected chi connectivity index (χ0v) is 10.0. The third-order valence-corrected chi connectivity index (χ3v) is 3.27. The van der Waals surface area contributed by atoms with Gasteiger partial charge < -0.3 is 4.74 Å². The summed E-state index contributed by atoms with van der Waals surface area (Å²) in [5.74, 6) is 0.918. The van der Waals surface area contributed by atoms with Gasteiger partial charge in [0.2, 0.25) is 0 Å². The lowest BCUT2D eigenvalue weighted by Gasteiger charge is -2.10. The predicted molar refractivity (Wildman–Crippen MR) is 70.1 cm³/mol. The number of benzene rings is 2. The molecule has 3 rings (SSSR count). The van der Waals surface area contributed by atoms with Gasteiger partial charge >= 0.3 is 0 Å². The Morgan fingerprint density at radius 3 is 2.78 bits per heavy atom. The van der Waals surface area contributed by atoms with Crippen molar-refractivity contribution < 1.29 is 9.53 Å². The van der Waals surface area contributed by atoms with E-state index in [1.165, 1.54) is 5.56 Å². The maximum absolute atomic E-state index is 10.7. The standard InChI is InChI=1S/C16H14O2/c17-11-13-6-7-16-14(8-13)10-15(18-16)9-12-4-2-1-3-5-12/h1-8,11,15H,9-10H2. The van der Waals surface area contributed by atoms with Gasteiger partial charge in [0.1, 0.15) is 18.1 Å². The largest absolute Gasteiger partial charge is 0.489 e. The van der Waals surface area contributed by atoms with Gasteiger partial charge in [0.15, 0.2) is 0 Å². The van der Waals surface area contributed by atoms with Crippen LogP contribution in [0, 0.1) is 0 Å². The molecule has 0 fully saturated rings. The van der Waals surface area contributed by atoms with Crippen LogP contribution in [0.5, 0.6) is 5.75 Å². The van der Waals surface area contributed by atoms with Crippen molar-refractivity contribution in [2.24, 2.45) is 0 Å². The third kappa shape index (κ3) is 2.14. The predicted octanol–water partition coefficient (Wildman–Crippen LogP) is 3.05. The molecule has 90 valence electrons. The Kier molecular flexibility index (Phi) is 2.85. The fourth-order valence-corrected chi connectivity index (χ4v) is 2.40. The van der Waals surface area contributed by atoms with Gasteiger partial charge in [-0.2, -0.15) is 0 Å². The fourth-order valence-electron chi connectivity index (χ4n) is 2.40. The number of carbonyl (C=O) groups is 1. The average molecular weight is 238 g/mol. The molecule has 2 aromatic rings. The molecule has 2 heteroatoms. The highest BCUT2D eigenvalue weighted by Gasteiger charge is 2.23. The Morgan fingerprint density at radius 1 is 1.17 bits per heavy atom. The molecule has 2 nitrogen and oxygen atoms in total. The molecule has 1 atom stereocenters. The molecule has 2 aromatic carbocycles. The van der Waals surface area contributed by atoms with Crippen molar-refractivity contribution in [3.8, 4) is 5.75 Å². The lowest BCUT2D eigenvalue weighted by molar-refractivity contribution is 0.112. The van der Waals surface area contributed by atoms with Crippen LogP contribution in [0.4, 0.5) is 0 Å². The van der Waals surface area contributed by atoms with Crippen molar-refractivity contribution in [1.29, 1.82) is 0 Å². The SMILES string of the molecule is O=Cc1ccc2c(c1)CC(Cc1ccccc1)O2. The van der Waals surface area contributed by atoms with E-state index in [2.05, 4.69) is 12.1 Å². The summed E-state index contributed by atoms with van der Waals surface area (Å²) in [5, 5.41) is 0. The number of aldehydes is 1. The quantitative estimate of drug-likeness (QED) is 0.768. The van der Waals surface area contributed by atoms with Gasteiger partial charge in [0.05, 0.1) is 0 Å².